The van der Waals surface area contributed by atoms with Crippen LogP contribution in [-0.4, -0.2) is 14.2 Å². The van der Waals surface area contributed by atoms with E-state index in [1.807, 2.05) is 54.6 Å². The van der Waals surface area contributed by atoms with E-state index in [-0.39, 0.29) is 5.69 Å². The Hall–Kier alpha value is -2.56. The molecule has 0 saturated carbocycles. The molecule has 4 aromatic rings. The van der Waals surface area contributed by atoms with Crippen molar-refractivity contribution >= 4 is 28.8 Å². The van der Waals surface area contributed by atoms with Gasteiger partial charge in [0.05, 0.1) is 0 Å². The van der Waals surface area contributed by atoms with Crippen molar-refractivity contribution in [2.24, 2.45) is 5.92 Å². The summed E-state index contributed by atoms with van der Waals surface area (Å²) in [6.45, 7) is 4.70. The Morgan fingerprint density at radius 1 is 0.893 bits per heavy atom. The van der Waals surface area contributed by atoms with Gasteiger partial charge in [-0.1, -0.05) is 61.3 Å². The van der Waals surface area contributed by atoms with Gasteiger partial charge in [-0.25, -0.2) is 13.9 Å². The summed E-state index contributed by atoms with van der Waals surface area (Å²) in [5, 5.41) is 6.00. The molecule has 0 fully saturated rings. The predicted octanol–water partition coefficient (Wildman–Crippen LogP) is 5.79. The molecule has 0 radical (unpaired) electrons. The van der Waals surface area contributed by atoms with Crippen LogP contribution in [0.1, 0.15) is 13.8 Å². The third-order valence-electron chi connectivity index (χ3n) is 4.58. The van der Waals surface area contributed by atoms with E-state index >= 15 is 0 Å². The van der Waals surface area contributed by atoms with Crippen LogP contribution in [0, 0.1) is 5.92 Å². The van der Waals surface area contributed by atoms with Crippen LogP contribution < -0.4 is 5.69 Å². The topological polar surface area (TPSA) is 39.3 Å². The lowest BCUT2D eigenvalue weighted by Gasteiger charge is -2.11. The quantitative estimate of drug-likeness (QED) is 0.426. The molecule has 2 aromatic heterocycles. The van der Waals surface area contributed by atoms with Crippen LogP contribution in [0.4, 0.5) is 0 Å². The van der Waals surface area contributed by atoms with Gasteiger partial charge in [-0.15, -0.1) is 5.10 Å². The fourth-order valence-corrected chi connectivity index (χ4v) is 3.57. The van der Waals surface area contributed by atoms with Crippen LogP contribution in [0.2, 0.25) is 10.0 Å². The maximum Gasteiger partial charge on any atom is 0.350 e. The molecule has 0 aliphatic heterocycles. The van der Waals surface area contributed by atoms with Gasteiger partial charge in [0.1, 0.15) is 0 Å². The molecule has 2 heterocycles. The summed E-state index contributed by atoms with van der Waals surface area (Å²) in [4.78, 5) is 12.8. The lowest BCUT2D eigenvalue weighted by atomic mass is 9.96. The van der Waals surface area contributed by atoms with Gasteiger partial charge in [-0.3, -0.25) is 0 Å². The van der Waals surface area contributed by atoms with Gasteiger partial charge in [-0.05, 0) is 52.9 Å². The summed E-state index contributed by atoms with van der Waals surface area (Å²) in [6, 6.07) is 17.2. The van der Waals surface area contributed by atoms with Gasteiger partial charge in [0.15, 0.2) is 5.65 Å². The third kappa shape index (κ3) is 3.46. The summed E-state index contributed by atoms with van der Waals surface area (Å²) in [7, 11) is 0. The molecule has 0 aliphatic carbocycles. The Morgan fingerprint density at radius 3 is 2.04 bits per heavy atom. The molecule has 0 atom stereocenters. The van der Waals surface area contributed by atoms with E-state index < -0.39 is 0 Å². The van der Waals surface area contributed by atoms with E-state index in [4.69, 9.17) is 23.2 Å². The Morgan fingerprint density at radius 2 is 1.46 bits per heavy atom. The predicted molar refractivity (Wildman–Crippen MR) is 115 cm³/mol. The van der Waals surface area contributed by atoms with Crippen LogP contribution >= 0.6 is 23.2 Å². The molecule has 0 amide bonds. The van der Waals surface area contributed by atoms with Crippen LogP contribution in [0.3, 0.4) is 0 Å². The number of aromatic nitrogens is 3. The van der Waals surface area contributed by atoms with Crippen LogP contribution in [0.5, 0.6) is 0 Å². The molecule has 142 valence electrons. The van der Waals surface area contributed by atoms with E-state index in [2.05, 4.69) is 18.9 Å². The fourth-order valence-electron chi connectivity index (χ4n) is 3.31. The second kappa shape index (κ2) is 7.46. The molecule has 4 rings (SSSR count). The standard InChI is InChI=1S/C22H19Cl2N3O/c1-14(2)13-27-22(28)26-12-11-19(15-3-7-17(23)8-4-15)20(21(26)25-27)16-5-9-18(24)10-6-16/h3-12,14H,13H2,1-2H3. The summed E-state index contributed by atoms with van der Waals surface area (Å²) in [5.74, 6) is 0.317. The minimum atomic E-state index is -0.137. The third-order valence-corrected chi connectivity index (χ3v) is 5.08. The van der Waals surface area contributed by atoms with Crippen LogP contribution in [0.25, 0.3) is 27.9 Å². The number of pyridine rings is 1. The molecular formula is C22H19Cl2N3O. The Balaban J connectivity index is 2.03. The van der Waals surface area contributed by atoms with Crippen molar-refractivity contribution < 1.29 is 0 Å². The Bertz CT molecular complexity index is 1190. The number of halogens is 2. The van der Waals surface area contributed by atoms with Crippen molar-refractivity contribution in [2.45, 2.75) is 20.4 Å². The number of rotatable bonds is 4. The monoisotopic (exact) mass is 411 g/mol. The minimum Gasteiger partial charge on any atom is -0.250 e. The normalized spacial score (nSPS) is 11.5. The van der Waals surface area contributed by atoms with Crippen molar-refractivity contribution in [3.63, 3.8) is 0 Å². The van der Waals surface area contributed by atoms with Gasteiger partial charge in [0.2, 0.25) is 0 Å². The average Bonchev–Trinajstić information content (AvgIpc) is 2.98. The smallest absolute Gasteiger partial charge is 0.250 e. The molecule has 28 heavy (non-hydrogen) atoms. The van der Waals surface area contributed by atoms with Gasteiger partial charge >= 0.3 is 5.69 Å². The number of hydrogen-bond donors (Lipinski definition) is 0. The maximum absolute atomic E-state index is 12.8. The molecule has 0 unspecified atom stereocenters. The van der Waals surface area contributed by atoms with E-state index in [1.54, 1.807) is 10.6 Å². The highest BCUT2D eigenvalue weighted by Gasteiger charge is 2.17. The summed E-state index contributed by atoms with van der Waals surface area (Å²) < 4.78 is 3.14. The second-order valence-electron chi connectivity index (χ2n) is 7.17. The maximum atomic E-state index is 12.8. The van der Waals surface area contributed by atoms with Gasteiger partial charge in [0.25, 0.3) is 0 Å². The van der Waals surface area contributed by atoms with Crippen molar-refractivity contribution in [3.8, 4) is 22.3 Å². The van der Waals surface area contributed by atoms with Crippen molar-refractivity contribution in [1.29, 1.82) is 0 Å². The van der Waals surface area contributed by atoms with Gasteiger partial charge < -0.3 is 0 Å². The lowest BCUT2D eigenvalue weighted by molar-refractivity contribution is 0.471. The average molecular weight is 412 g/mol. The zero-order valence-corrected chi connectivity index (χ0v) is 17.1. The number of hydrogen-bond acceptors (Lipinski definition) is 2. The molecule has 2 aromatic carbocycles. The first-order valence-electron chi connectivity index (χ1n) is 9.08. The van der Waals surface area contributed by atoms with E-state index in [0.717, 1.165) is 22.3 Å². The summed E-state index contributed by atoms with van der Waals surface area (Å²) in [5.41, 5.74) is 4.31. The zero-order chi connectivity index (χ0) is 19.8. The first-order chi connectivity index (χ1) is 13.4. The number of fused-ring (bicyclic) bond motifs is 1. The Labute approximate surface area is 173 Å². The highest BCUT2D eigenvalue weighted by molar-refractivity contribution is 6.31. The van der Waals surface area contributed by atoms with Crippen LogP contribution in [-0.2, 0) is 6.54 Å². The molecule has 0 spiro atoms. The number of nitrogens with zero attached hydrogens (tertiary/aromatic N) is 3. The SMILES string of the molecule is CC(C)Cn1nc2c(-c3ccc(Cl)cc3)c(-c3ccc(Cl)cc3)ccn2c1=O. The fraction of sp³-hybridized carbons (Fsp3) is 0.182. The van der Waals surface area contributed by atoms with Crippen LogP contribution in [0.15, 0.2) is 65.6 Å². The molecule has 6 heteroatoms. The summed E-state index contributed by atoms with van der Waals surface area (Å²) in [6.07, 6.45) is 1.78. The highest BCUT2D eigenvalue weighted by Crippen LogP contribution is 2.35. The molecular weight excluding hydrogens is 393 g/mol. The van der Waals surface area contributed by atoms with E-state index in [1.165, 1.54) is 4.68 Å². The van der Waals surface area contributed by atoms with Crippen molar-refractivity contribution in [2.75, 3.05) is 0 Å². The zero-order valence-electron chi connectivity index (χ0n) is 15.6. The lowest BCUT2D eigenvalue weighted by Crippen LogP contribution is -2.23. The van der Waals surface area contributed by atoms with Gasteiger partial charge in [-0.2, -0.15) is 0 Å². The molecule has 4 nitrogen and oxygen atoms in total. The highest BCUT2D eigenvalue weighted by atomic mass is 35.5. The van der Waals surface area contributed by atoms with E-state index in [0.29, 0.717) is 28.2 Å². The minimum absolute atomic E-state index is 0.137. The Kier molecular flexibility index (Phi) is 5.00. The summed E-state index contributed by atoms with van der Waals surface area (Å²) >= 11 is 12.2. The number of benzene rings is 2. The second-order valence-corrected chi connectivity index (χ2v) is 8.04. The van der Waals surface area contributed by atoms with Crippen molar-refractivity contribution in [1.82, 2.24) is 14.2 Å². The first-order valence-corrected chi connectivity index (χ1v) is 9.83. The van der Waals surface area contributed by atoms with E-state index in [9.17, 15) is 4.79 Å². The van der Waals surface area contributed by atoms with Crippen molar-refractivity contribution in [3.05, 3.63) is 81.3 Å². The van der Waals surface area contributed by atoms with Gasteiger partial charge in [0, 0.05) is 28.4 Å². The molecule has 0 bridgehead atoms. The molecule has 0 N–H and O–H groups in total. The molecule has 0 aliphatic rings. The molecule has 0 saturated heterocycles. The largest absolute Gasteiger partial charge is 0.350 e. The first kappa shape index (κ1) is 18.8.